The van der Waals surface area contributed by atoms with Crippen LogP contribution < -0.4 is 0 Å². The number of aryl methyl sites for hydroxylation is 2. The van der Waals surface area contributed by atoms with Crippen LogP contribution in [0.5, 0.6) is 0 Å². The van der Waals surface area contributed by atoms with Gasteiger partial charge in [0.25, 0.3) is 0 Å². The van der Waals surface area contributed by atoms with Gasteiger partial charge in [-0.25, -0.2) is 0 Å². The van der Waals surface area contributed by atoms with Gasteiger partial charge in [-0.1, -0.05) is 29.8 Å². The molecule has 1 aromatic rings. The van der Waals surface area contributed by atoms with Crippen molar-refractivity contribution in [3.05, 3.63) is 41.0 Å². The van der Waals surface area contributed by atoms with E-state index in [0.29, 0.717) is 0 Å². The molecule has 0 aliphatic rings. The van der Waals surface area contributed by atoms with Gasteiger partial charge >= 0.3 is 0 Å². The second-order valence-corrected chi connectivity index (χ2v) is 3.21. The molecule has 0 spiro atoms. The zero-order chi connectivity index (χ0) is 9.84. The first kappa shape index (κ1) is 9.72. The highest BCUT2D eigenvalue weighted by molar-refractivity contribution is 6.08. The van der Waals surface area contributed by atoms with Crippen LogP contribution in [0.4, 0.5) is 0 Å². The van der Waals surface area contributed by atoms with Crippen molar-refractivity contribution < 1.29 is 0 Å². The smallest absolute Gasteiger partial charge is 0.0253 e. The Balaban J connectivity index is 3.22. The van der Waals surface area contributed by atoms with Gasteiger partial charge in [0.2, 0.25) is 0 Å². The lowest BCUT2D eigenvalue weighted by atomic mass is 9.99. The highest BCUT2D eigenvalue weighted by atomic mass is 14.3. The fraction of sp³-hybridized carbons (Fsp3) is 0.250. The fourth-order valence-electron chi connectivity index (χ4n) is 1.45. The molecule has 13 heavy (non-hydrogen) atoms. The minimum atomic E-state index is 0.984. The van der Waals surface area contributed by atoms with E-state index in [1.807, 2.05) is 13.0 Å². The maximum Gasteiger partial charge on any atom is 0.0253 e. The molecule has 1 rings (SSSR count). The van der Waals surface area contributed by atoms with Crippen LogP contribution in [0.15, 0.2) is 24.3 Å². The highest BCUT2D eigenvalue weighted by Gasteiger charge is 2.00. The van der Waals surface area contributed by atoms with E-state index in [4.69, 9.17) is 5.41 Å². The van der Waals surface area contributed by atoms with Crippen molar-refractivity contribution in [1.29, 1.82) is 5.41 Å². The van der Waals surface area contributed by atoms with Gasteiger partial charge in [0.1, 0.15) is 0 Å². The van der Waals surface area contributed by atoms with Crippen LogP contribution in [0, 0.1) is 19.3 Å². The molecule has 0 fully saturated rings. The maximum atomic E-state index is 7.25. The Morgan fingerprint density at radius 1 is 1.31 bits per heavy atom. The molecule has 1 heteroatoms. The molecule has 1 aromatic carbocycles. The average molecular weight is 173 g/mol. The summed E-state index contributed by atoms with van der Waals surface area (Å²) in [6.45, 7) is 6.12. The van der Waals surface area contributed by atoms with Crippen LogP contribution >= 0.6 is 0 Å². The third kappa shape index (κ3) is 2.05. The zero-order valence-electron chi connectivity index (χ0n) is 8.39. The minimum Gasteiger partial charge on any atom is -0.308 e. The van der Waals surface area contributed by atoms with Gasteiger partial charge in [0, 0.05) is 6.21 Å². The number of nitrogens with one attached hydrogen (secondary N) is 1. The van der Waals surface area contributed by atoms with Gasteiger partial charge < -0.3 is 5.41 Å². The average Bonchev–Trinajstić information content (AvgIpc) is 2.10. The number of hydrogen-bond donors (Lipinski definition) is 1. The van der Waals surface area contributed by atoms with Crippen molar-refractivity contribution in [3.63, 3.8) is 0 Å². The summed E-state index contributed by atoms with van der Waals surface area (Å²) in [6.07, 6.45) is 3.36. The van der Waals surface area contributed by atoms with Crippen LogP contribution in [0.1, 0.15) is 23.6 Å². The van der Waals surface area contributed by atoms with Gasteiger partial charge in [-0.15, -0.1) is 0 Å². The van der Waals surface area contributed by atoms with E-state index in [2.05, 4.69) is 32.0 Å². The Kier molecular flexibility index (Phi) is 3.02. The largest absolute Gasteiger partial charge is 0.308 e. The normalized spacial score (nSPS) is 11.5. The van der Waals surface area contributed by atoms with E-state index >= 15 is 0 Å². The Morgan fingerprint density at radius 3 is 2.46 bits per heavy atom. The van der Waals surface area contributed by atoms with Crippen molar-refractivity contribution in [2.75, 3.05) is 0 Å². The lowest BCUT2D eigenvalue weighted by Crippen LogP contribution is -1.90. The predicted octanol–water partition coefficient (Wildman–Crippen LogP) is 3.36. The molecule has 1 nitrogen and oxygen atoms in total. The predicted molar refractivity (Wildman–Crippen MR) is 58.4 cm³/mol. The summed E-state index contributed by atoms with van der Waals surface area (Å²) in [7, 11) is 0. The number of hydrogen-bond acceptors (Lipinski definition) is 1. The first-order valence-corrected chi connectivity index (χ1v) is 4.43. The Hall–Kier alpha value is -1.37. The molecule has 1 N–H and O–H groups in total. The molecule has 0 saturated heterocycles. The van der Waals surface area contributed by atoms with E-state index in [1.165, 1.54) is 17.3 Å². The third-order valence-corrected chi connectivity index (χ3v) is 2.16. The summed E-state index contributed by atoms with van der Waals surface area (Å²) in [6, 6.07) is 6.29. The Bertz CT molecular complexity index is 348. The molecule has 0 atom stereocenters. The summed E-state index contributed by atoms with van der Waals surface area (Å²) < 4.78 is 0. The van der Waals surface area contributed by atoms with Gasteiger partial charge in [-0.3, -0.25) is 0 Å². The molecule has 0 saturated carbocycles. The van der Waals surface area contributed by atoms with Gasteiger partial charge in [0.15, 0.2) is 0 Å². The Morgan fingerprint density at radius 2 is 2.00 bits per heavy atom. The van der Waals surface area contributed by atoms with E-state index in [9.17, 15) is 0 Å². The standard InChI is InChI=1S/C12H15N/c1-4-11(8-13)12-6-5-9(2)7-10(12)3/h4-8,13H,1-3H3/b11-4+,13-8?. The van der Waals surface area contributed by atoms with Crippen molar-refractivity contribution in [1.82, 2.24) is 0 Å². The zero-order valence-corrected chi connectivity index (χ0v) is 8.39. The van der Waals surface area contributed by atoms with Gasteiger partial charge in [-0.05, 0) is 37.5 Å². The summed E-state index contributed by atoms with van der Waals surface area (Å²) in [5.74, 6) is 0. The van der Waals surface area contributed by atoms with E-state index in [1.54, 1.807) is 0 Å². The molecule has 0 bridgehead atoms. The summed E-state index contributed by atoms with van der Waals surface area (Å²) >= 11 is 0. The summed E-state index contributed by atoms with van der Waals surface area (Å²) in [5.41, 5.74) is 4.64. The topological polar surface area (TPSA) is 23.9 Å². The Labute approximate surface area is 79.6 Å². The monoisotopic (exact) mass is 173 g/mol. The molecule has 0 amide bonds. The quantitative estimate of drug-likeness (QED) is 0.663. The maximum absolute atomic E-state index is 7.25. The first-order chi connectivity index (χ1) is 6.19. The van der Waals surface area contributed by atoms with Crippen molar-refractivity contribution in [3.8, 4) is 0 Å². The van der Waals surface area contributed by atoms with Gasteiger partial charge in [-0.2, -0.15) is 0 Å². The van der Waals surface area contributed by atoms with E-state index < -0.39 is 0 Å². The number of benzene rings is 1. The van der Waals surface area contributed by atoms with E-state index in [-0.39, 0.29) is 0 Å². The van der Waals surface area contributed by atoms with Crippen molar-refractivity contribution in [2.45, 2.75) is 20.8 Å². The molecule has 0 radical (unpaired) electrons. The second-order valence-electron chi connectivity index (χ2n) is 3.21. The lowest BCUT2D eigenvalue weighted by Gasteiger charge is -2.06. The molecule has 0 aromatic heterocycles. The molecule has 68 valence electrons. The molecular weight excluding hydrogens is 158 g/mol. The van der Waals surface area contributed by atoms with Crippen LogP contribution in [-0.4, -0.2) is 6.21 Å². The van der Waals surface area contributed by atoms with E-state index in [0.717, 1.165) is 11.1 Å². The van der Waals surface area contributed by atoms with Crippen molar-refractivity contribution >= 4 is 11.8 Å². The van der Waals surface area contributed by atoms with Crippen LogP contribution in [-0.2, 0) is 0 Å². The molecule has 0 heterocycles. The number of rotatable bonds is 2. The SMILES string of the molecule is C/C=C(\C=N)c1ccc(C)cc1C. The highest BCUT2D eigenvalue weighted by Crippen LogP contribution is 2.18. The van der Waals surface area contributed by atoms with Crippen LogP contribution in [0.3, 0.4) is 0 Å². The van der Waals surface area contributed by atoms with Crippen LogP contribution in [0.2, 0.25) is 0 Å². The molecule has 0 aliphatic heterocycles. The number of allylic oxidation sites excluding steroid dienone is 2. The lowest BCUT2D eigenvalue weighted by molar-refractivity contribution is 1.36. The molecule has 0 unspecified atom stereocenters. The molecular formula is C12H15N. The third-order valence-electron chi connectivity index (χ3n) is 2.16. The van der Waals surface area contributed by atoms with Crippen LogP contribution in [0.25, 0.3) is 5.57 Å². The minimum absolute atomic E-state index is 0.984. The summed E-state index contributed by atoms with van der Waals surface area (Å²) in [4.78, 5) is 0. The summed E-state index contributed by atoms with van der Waals surface area (Å²) in [5, 5.41) is 7.25. The second kappa shape index (κ2) is 4.04. The van der Waals surface area contributed by atoms with Crippen molar-refractivity contribution in [2.24, 2.45) is 0 Å². The molecule has 0 aliphatic carbocycles. The first-order valence-electron chi connectivity index (χ1n) is 4.43. The van der Waals surface area contributed by atoms with Gasteiger partial charge in [0.05, 0.1) is 0 Å². The fourth-order valence-corrected chi connectivity index (χ4v) is 1.45.